The van der Waals surface area contributed by atoms with E-state index in [4.69, 9.17) is 5.26 Å². The number of piperidine rings is 1. The average Bonchev–Trinajstić information content (AvgIpc) is 1.95. The van der Waals surface area contributed by atoms with Gasteiger partial charge in [0.05, 0.1) is 12.6 Å². The number of rotatable bonds is 1. The monoisotopic (exact) mass is 138 g/mol. The van der Waals surface area contributed by atoms with Gasteiger partial charge in [-0.25, -0.2) is 0 Å². The molecule has 0 aromatic rings. The quantitative estimate of drug-likeness (QED) is 0.485. The van der Waals surface area contributed by atoms with Crippen LogP contribution in [-0.4, -0.2) is 30.3 Å². The van der Waals surface area contributed by atoms with Crippen LogP contribution in [0.2, 0.25) is 0 Å². The van der Waals surface area contributed by atoms with E-state index >= 15 is 0 Å². The second-order valence-electron chi connectivity index (χ2n) is 2.47. The van der Waals surface area contributed by atoms with Gasteiger partial charge >= 0.3 is 0 Å². The van der Waals surface area contributed by atoms with Crippen molar-refractivity contribution >= 4 is 5.78 Å². The molecule has 3 heteroatoms. The van der Waals surface area contributed by atoms with Gasteiger partial charge in [0, 0.05) is 25.9 Å². The first-order valence-corrected chi connectivity index (χ1v) is 3.44. The van der Waals surface area contributed by atoms with E-state index in [0.29, 0.717) is 25.2 Å². The summed E-state index contributed by atoms with van der Waals surface area (Å²) in [5.74, 6) is 0.328. The zero-order valence-corrected chi connectivity index (χ0v) is 5.84. The van der Waals surface area contributed by atoms with E-state index < -0.39 is 0 Å². The zero-order valence-electron chi connectivity index (χ0n) is 5.84. The highest BCUT2D eigenvalue weighted by Crippen LogP contribution is 2.03. The number of nitrogens with zero attached hydrogens (tertiary/aromatic N) is 2. The lowest BCUT2D eigenvalue weighted by Crippen LogP contribution is -2.33. The summed E-state index contributed by atoms with van der Waals surface area (Å²) in [6.45, 7) is 2.01. The van der Waals surface area contributed by atoms with Crippen LogP contribution in [-0.2, 0) is 4.79 Å². The molecule has 1 aliphatic rings. The molecule has 0 aromatic heterocycles. The topological polar surface area (TPSA) is 44.1 Å². The van der Waals surface area contributed by atoms with Crippen LogP contribution in [0.15, 0.2) is 0 Å². The minimum Gasteiger partial charge on any atom is -0.300 e. The third-order valence-electron chi connectivity index (χ3n) is 1.71. The zero-order chi connectivity index (χ0) is 7.40. The average molecular weight is 138 g/mol. The van der Waals surface area contributed by atoms with Crippen LogP contribution >= 0.6 is 0 Å². The molecule has 3 nitrogen and oxygen atoms in total. The standard InChI is InChI=1S/C7H10N2O/c8-3-6-9-4-1-7(10)2-5-9/h1-2,4-6H2. The smallest absolute Gasteiger partial charge is 0.135 e. The van der Waals surface area contributed by atoms with Gasteiger partial charge in [-0.05, 0) is 0 Å². The molecular formula is C7H10N2O. The summed E-state index contributed by atoms with van der Waals surface area (Å²) in [6, 6.07) is 2.07. The van der Waals surface area contributed by atoms with Gasteiger partial charge in [-0.1, -0.05) is 0 Å². The maximum Gasteiger partial charge on any atom is 0.135 e. The van der Waals surface area contributed by atoms with Crippen LogP contribution in [0.4, 0.5) is 0 Å². The van der Waals surface area contributed by atoms with E-state index in [1.165, 1.54) is 0 Å². The molecule has 1 rings (SSSR count). The first-order valence-electron chi connectivity index (χ1n) is 3.44. The van der Waals surface area contributed by atoms with Gasteiger partial charge in [-0.3, -0.25) is 9.69 Å². The van der Waals surface area contributed by atoms with Gasteiger partial charge in [-0.2, -0.15) is 5.26 Å². The molecule has 0 spiro atoms. The number of carbonyl (C=O) groups is 1. The molecule has 0 N–H and O–H groups in total. The Hall–Kier alpha value is -0.880. The molecule has 0 saturated carbocycles. The summed E-state index contributed by atoms with van der Waals surface area (Å²) in [5, 5.41) is 8.31. The molecule has 1 saturated heterocycles. The van der Waals surface area contributed by atoms with E-state index in [-0.39, 0.29) is 0 Å². The van der Waals surface area contributed by atoms with Crippen LogP contribution in [0.1, 0.15) is 12.8 Å². The Balaban J connectivity index is 2.27. The maximum atomic E-state index is 10.7. The summed E-state index contributed by atoms with van der Waals surface area (Å²) < 4.78 is 0. The Morgan fingerprint density at radius 1 is 1.50 bits per heavy atom. The predicted molar refractivity (Wildman–Crippen MR) is 36.3 cm³/mol. The van der Waals surface area contributed by atoms with Crippen LogP contribution in [0, 0.1) is 11.3 Å². The minimum atomic E-state index is 0.328. The van der Waals surface area contributed by atoms with E-state index in [0.717, 1.165) is 13.1 Å². The van der Waals surface area contributed by atoms with Crippen molar-refractivity contribution in [2.24, 2.45) is 0 Å². The molecule has 0 atom stereocenters. The van der Waals surface area contributed by atoms with Crippen molar-refractivity contribution in [3.8, 4) is 6.07 Å². The Morgan fingerprint density at radius 3 is 2.60 bits per heavy atom. The molecule has 1 heterocycles. The van der Waals surface area contributed by atoms with Gasteiger partial charge in [0.1, 0.15) is 5.78 Å². The Bertz CT molecular complexity index is 161. The van der Waals surface area contributed by atoms with Crippen LogP contribution in [0.3, 0.4) is 0 Å². The molecule has 54 valence electrons. The van der Waals surface area contributed by atoms with Crippen LogP contribution in [0.5, 0.6) is 0 Å². The molecular weight excluding hydrogens is 128 g/mol. The van der Waals surface area contributed by atoms with Gasteiger partial charge < -0.3 is 0 Å². The Kier molecular flexibility index (Phi) is 2.41. The summed E-state index contributed by atoms with van der Waals surface area (Å²) in [4.78, 5) is 12.7. The molecule has 0 bridgehead atoms. The highest BCUT2D eigenvalue weighted by Gasteiger charge is 2.14. The molecule has 10 heavy (non-hydrogen) atoms. The third-order valence-corrected chi connectivity index (χ3v) is 1.71. The largest absolute Gasteiger partial charge is 0.300 e. The van der Waals surface area contributed by atoms with Gasteiger partial charge in [0.25, 0.3) is 0 Å². The second kappa shape index (κ2) is 3.33. The van der Waals surface area contributed by atoms with Crippen molar-refractivity contribution in [1.29, 1.82) is 5.26 Å². The van der Waals surface area contributed by atoms with Crippen molar-refractivity contribution in [2.45, 2.75) is 12.8 Å². The van der Waals surface area contributed by atoms with Gasteiger partial charge in [0.15, 0.2) is 0 Å². The first-order chi connectivity index (χ1) is 4.83. The van der Waals surface area contributed by atoms with Crippen LogP contribution in [0.25, 0.3) is 0 Å². The molecule has 0 aliphatic carbocycles. The maximum absolute atomic E-state index is 10.7. The molecule has 0 unspecified atom stereocenters. The highest BCUT2D eigenvalue weighted by molar-refractivity contribution is 5.79. The van der Waals surface area contributed by atoms with Crippen molar-refractivity contribution in [3.63, 3.8) is 0 Å². The first kappa shape index (κ1) is 7.23. The van der Waals surface area contributed by atoms with Crippen molar-refractivity contribution in [3.05, 3.63) is 0 Å². The summed E-state index contributed by atoms with van der Waals surface area (Å²) >= 11 is 0. The number of likely N-dealkylation sites (tertiary alicyclic amines) is 1. The normalized spacial score (nSPS) is 20.5. The predicted octanol–water partition coefficient (Wildman–Crippen LogP) is 0.175. The van der Waals surface area contributed by atoms with Crippen LogP contribution < -0.4 is 0 Å². The van der Waals surface area contributed by atoms with Crippen molar-refractivity contribution in [1.82, 2.24) is 4.90 Å². The lowest BCUT2D eigenvalue weighted by Gasteiger charge is -2.22. The number of ketones is 1. The number of nitriles is 1. The van der Waals surface area contributed by atoms with E-state index in [1.807, 2.05) is 4.90 Å². The molecule has 0 radical (unpaired) electrons. The number of hydrogen-bond acceptors (Lipinski definition) is 3. The fourth-order valence-electron chi connectivity index (χ4n) is 1.06. The van der Waals surface area contributed by atoms with E-state index in [9.17, 15) is 4.79 Å². The molecule has 0 aromatic carbocycles. The summed E-state index contributed by atoms with van der Waals surface area (Å²) in [7, 11) is 0. The van der Waals surface area contributed by atoms with Gasteiger partial charge in [0.2, 0.25) is 0 Å². The SMILES string of the molecule is N#CCN1CCC(=O)CC1. The fourth-order valence-corrected chi connectivity index (χ4v) is 1.06. The van der Waals surface area contributed by atoms with E-state index in [1.54, 1.807) is 0 Å². The Labute approximate surface area is 60.2 Å². The lowest BCUT2D eigenvalue weighted by atomic mass is 10.1. The van der Waals surface area contributed by atoms with Crippen molar-refractivity contribution < 1.29 is 4.79 Å². The number of carbonyl (C=O) groups excluding carboxylic acids is 1. The lowest BCUT2D eigenvalue weighted by molar-refractivity contribution is -0.121. The highest BCUT2D eigenvalue weighted by atomic mass is 16.1. The Morgan fingerprint density at radius 2 is 2.10 bits per heavy atom. The number of hydrogen-bond donors (Lipinski definition) is 0. The minimum absolute atomic E-state index is 0.328. The molecule has 0 amide bonds. The summed E-state index contributed by atoms with van der Waals surface area (Å²) in [6.07, 6.45) is 1.25. The number of Topliss-reactive ketones (excluding diaryl/α,β-unsaturated/α-hetero) is 1. The van der Waals surface area contributed by atoms with Gasteiger partial charge in [-0.15, -0.1) is 0 Å². The molecule has 1 fully saturated rings. The van der Waals surface area contributed by atoms with Crippen molar-refractivity contribution in [2.75, 3.05) is 19.6 Å². The third kappa shape index (κ3) is 1.82. The second-order valence-corrected chi connectivity index (χ2v) is 2.47. The summed E-state index contributed by atoms with van der Waals surface area (Å²) in [5.41, 5.74) is 0. The van der Waals surface area contributed by atoms with E-state index in [2.05, 4.69) is 6.07 Å². The fraction of sp³-hybridized carbons (Fsp3) is 0.714. The molecule has 1 aliphatic heterocycles.